The molecular formula is C16H25BrN2. The molecular weight excluding hydrogens is 300 g/mol. The van der Waals surface area contributed by atoms with Gasteiger partial charge in [-0.1, -0.05) is 31.7 Å². The average molecular weight is 325 g/mol. The van der Waals surface area contributed by atoms with Crippen molar-refractivity contribution in [3.8, 4) is 0 Å². The summed E-state index contributed by atoms with van der Waals surface area (Å²) in [6.45, 7) is 2.02. The highest BCUT2D eigenvalue weighted by Crippen LogP contribution is 2.32. The first-order valence-corrected chi connectivity index (χ1v) is 8.16. The van der Waals surface area contributed by atoms with Crippen LogP contribution in [-0.4, -0.2) is 13.1 Å². The third-order valence-electron chi connectivity index (χ3n) is 4.25. The van der Waals surface area contributed by atoms with E-state index in [1.165, 1.54) is 49.8 Å². The topological polar surface area (TPSA) is 29.3 Å². The van der Waals surface area contributed by atoms with Crippen molar-refractivity contribution in [2.45, 2.75) is 57.5 Å². The van der Waals surface area contributed by atoms with Crippen molar-refractivity contribution in [2.24, 2.45) is 5.73 Å². The summed E-state index contributed by atoms with van der Waals surface area (Å²) in [4.78, 5) is 2.44. The lowest BCUT2D eigenvalue weighted by molar-refractivity contribution is 0.552. The first kappa shape index (κ1) is 14.9. The molecule has 0 bridgehead atoms. The summed E-state index contributed by atoms with van der Waals surface area (Å²) >= 11 is 3.70. The van der Waals surface area contributed by atoms with Crippen molar-refractivity contribution < 1.29 is 0 Å². The molecule has 2 rings (SSSR count). The molecule has 3 heteroatoms. The number of benzene rings is 1. The van der Waals surface area contributed by atoms with Crippen LogP contribution < -0.4 is 10.6 Å². The van der Waals surface area contributed by atoms with E-state index in [9.17, 15) is 0 Å². The van der Waals surface area contributed by atoms with E-state index in [-0.39, 0.29) is 6.04 Å². The molecule has 0 saturated heterocycles. The van der Waals surface area contributed by atoms with Crippen molar-refractivity contribution >= 4 is 21.6 Å². The second kappa shape index (κ2) is 6.76. The summed E-state index contributed by atoms with van der Waals surface area (Å²) in [6.07, 6.45) is 8.16. The Labute approximate surface area is 125 Å². The number of hydrogen-bond donors (Lipinski definition) is 1. The maximum atomic E-state index is 5.94. The van der Waals surface area contributed by atoms with Gasteiger partial charge in [-0.15, -0.1) is 0 Å². The molecule has 1 saturated carbocycles. The van der Waals surface area contributed by atoms with Crippen LogP contribution in [0.5, 0.6) is 0 Å². The fourth-order valence-corrected chi connectivity index (χ4v) is 3.61. The third-order valence-corrected chi connectivity index (χ3v) is 4.89. The Bertz CT molecular complexity index is 409. The van der Waals surface area contributed by atoms with Crippen molar-refractivity contribution in [3.05, 3.63) is 28.2 Å². The molecule has 1 fully saturated rings. The highest BCUT2D eigenvalue weighted by Gasteiger charge is 2.19. The van der Waals surface area contributed by atoms with Crippen molar-refractivity contribution in [3.63, 3.8) is 0 Å². The van der Waals surface area contributed by atoms with Gasteiger partial charge < -0.3 is 10.6 Å². The Balaban J connectivity index is 2.15. The molecule has 0 aromatic heterocycles. The molecule has 0 spiro atoms. The summed E-state index contributed by atoms with van der Waals surface area (Å²) in [7, 11) is 2.22. The molecule has 0 amide bonds. The molecule has 0 unspecified atom stereocenters. The van der Waals surface area contributed by atoms with Gasteiger partial charge in [0.15, 0.2) is 0 Å². The van der Waals surface area contributed by atoms with E-state index in [1.54, 1.807) is 0 Å². The number of nitrogens with two attached hydrogens (primary N) is 1. The lowest BCUT2D eigenvalue weighted by Crippen LogP contribution is -2.31. The smallest absolute Gasteiger partial charge is 0.0510 e. The predicted octanol–water partition coefficient (Wildman–Crippen LogP) is 4.63. The second-order valence-corrected chi connectivity index (χ2v) is 6.61. The number of halogens is 1. The Morgan fingerprint density at radius 2 is 1.84 bits per heavy atom. The highest BCUT2D eigenvalue weighted by atomic mass is 79.9. The molecule has 1 aliphatic rings. The van der Waals surface area contributed by atoms with Crippen LogP contribution in [0, 0.1) is 0 Å². The van der Waals surface area contributed by atoms with Crippen molar-refractivity contribution in [1.82, 2.24) is 0 Å². The Kier molecular flexibility index (Phi) is 5.28. The number of rotatable bonds is 3. The van der Waals surface area contributed by atoms with Crippen molar-refractivity contribution in [1.29, 1.82) is 0 Å². The Hall–Kier alpha value is -0.540. The normalized spacial score (nSPS) is 18.9. The lowest BCUT2D eigenvalue weighted by atomic mass is 10.1. The SMILES string of the molecule is C[C@H](N)c1ccc(N(C)C2CCCCCC2)c(Br)c1. The first-order chi connectivity index (χ1) is 9.09. The number of nitrogens with zero attached hydrogens (tertiary/aromatic N) is 1. The van der Waals surface area contributed by atoms with Crippen LogP contribution in [0.3, 0.4) is 0 Å². The standard InChI is InChI=1S/C16H25BrN2/c1-12(18)13-9-10-16(15(17)11-13)19(2)14-7-5-3-4-6-8-14/h9-12,14H,3-8,18H2,1-2H3/t12-/m0/s1. The Morgan fingerprint density at radius 1 is 1.21 bits per heavy atom. The summed E-state index contributed by atoms with van der Waals surface area (Å²) in [6, 6.07) is 7.28. The van der Waals surface area contributed by atoms with Gasteiger partial charge >= 0.3 is 0 Å². The van der Waals surface area contributed by atoms with Gasteiger partial charge in [0.25, 0.3) is 0 Å². The van der Waals surface area contributed by atoms with Crippen LogP contribution in [0.2, 0.25) is 0 Å². The minimum atomic E-state index is 0.0912. The average Bonchev–Trinajstić information content (AvgIpc) is 2.66. The molecule has 2 N–H and O–H groups in total. The summed E-state index contributed by atoms with van der Waals surface area (Å²) in [5.74, 6) is 0. The molecule has 1 aliphatic carbocycles. The third kappa shape index (κ3) is 3.73. The van der Waals surface area contributed by atoms with Gasteiger partial charge in [0.1, 0.15) is 0 Å². The lowest BCUT2D eigenvalue weighted by Gasteiger charge is -2.30. The fraction of sp³-hybridized carbons (Fsp3) is 0.625. The molecule has 19 heavy (non-hydrogen) atoms. The van der Waals surface area contributed by atoms with Crippen LogP contribution in [0.1, 0.15) is 57.1 Å². The molecule has 1 aromatic rings. The minimum Gasteiger partial charge on any atom is -0.371 e. The molecule has 0 heterocycles. The second-order valence-electron chi connectivity index (χ2n) is 5.76. The Morgan fingerprint density at radius 3 is 2.37 bits per heavy atom. The zero-order chi connectivity index (χ0) is 13.8. The molecule has 1 aromatic carbocycles. The quantitative estimate of drug-likeness (QED) is 0.821. The van der Waals surface area contributed by atoms with Gasteiger partial charge in [0.2, 0.25) is 0 Å². The van der Waals surface area contributed by atoms with Crippen LogP contribution in [-0.2, 0) is 0 Å². The van der Waals surface area contributed by atoms with Gasteiger partial charge in [0, 0.05) is 23.6 Å². The molecule has 1 atom stereocenters. The van der Waals surface area contributed by atoms with Gasteiger partial charge in [-0.2, -0.15) is 0 Å². The maximum Gasteiger partial charge on any atom is 0.0510 e. The predicted molar refractivity (Wildman–Crippen MR) is 86.6 cm³/mol. The summed E-state index contributed by atoms with van der Waals surface area (Å²) < 4.78 is 1.16. The minimum absolute atomic E-state index is 0.0912. The maximum absolute atomic E-state index is 5.94. The van der Waals surface area contributed by atoms with Gasteiger partial charge in [-0.3, -0.25) is 0 Å². The highest BCUT2D eigenvalue weighted by molar-refractivity contribution is 9.10. The molecule has 106 valence electrons. The van der Waals surface area contributed by atoms with E-state index in [0.717, 1.165) is 4.47 Å². The van der Waals surface area contributed by atoms with Crippen LogP contribution in [0.4, 0.5) is 5.69 Å². The van der Waals surface area contributed by atoms with Crippen LogP contribution in [0.25, 0.3) is 0 Å². The number of hydrogen-bond acceptors (Lipinski definition) is 2. The van der Waals surface area contributed by atoms with E-state index < -0.39 is 0 Å². The zero-order valence-electron chi connectivity index (χ0n) is 12.0. The van der Waals surface area contributed by atoms with E-state index in [4.69, 9.17) is 5.73 Å². The van der Waals surface area contributed by atoms with E-state index in [0.29, 0.717) is 6.04 Å². The van der Waals surface area contributed by atoms with Crippen molar-refractivity contribution in [2.75, 3.05) is 11.9 Å². The van der Waals surface area contributed by atoms with E-state index in [2.05, 4.69) is 46.1 Å². The van der Waals surface area contributed by atoms with Gasteiger partial charge in [-0.05, 0) is 53.4 Å². The first-order valence-electron chi connectivity index (χ1n) is 7.37. The zero-order valence-corrected chi connectivity index (χ0v) is 13.6. The largest absolute Gasteiger partial charge is 0.371 e. The molecule has 2 nitrogen and oxygen atoms in total. The van der Waals surface area contributed by atoms with Crippen LogP contribution >= 0.6 is 15.9 Å². The van der Waals surface area contributed by atoms with Gasteiger partial charge in [-0.25, -0.2) is 0 Å². The van der Waals surface area contributed by atoms with E-state index in [1.807, 2.05) is 6.92 Å². The van der Waals surface area contributed by atoms with Gasteiger partial charge in [0.05, 0.1) is 5.69 Å². The van der Waals surface area contributed by atoms with Crippen LogP contribution in [0.15, 0.2) is 22.7 Å². The van der Waals surface area contributed by atoms with E-state index >= 15 is 0 Å². The molecule has 0 aliphatic heterocycles. The number of anilines is 1. The molecule has 0 radical (unpaired) electrons. The monoisotopic (exact) mass is 324 g/mol. The summed E-state index contributed by atoms with van der Waals surface area (Å²) in [5.41, 5.74) is 8.41. The summed E-state index contributed by atoms with van der Waals surface area (Å²) in [5, 5.41) is 0. The fourth-order valence-electron chi connectivity index (χ4n) is 2.93.